The standard InChI is InChI=1S/C61H99N2/c1-8-10-12-14-16-18-20-22-24-25-27-29-31-33-35-44-52-62-56-48-42-40-46-54(56)60(4,5)58(62)50-38-36-39-51-59-61(6,7)55-47-41-43-49-57(55)63(59)53(3)45-37-34-32-30-28-26-23-21-19-17-15-13-11-9-2/h36,38-43,46-51,53H,8-35,37,44-45,52H2,1-7H3/q+1. The van der Waals surface area contributed by atoms with Gasteiger partial charge in [-0.3, -0.25) is 0 Å². The van der Waals surface area contributed by atoms with Gasteiger partial charge in [0.2, 0.25) is 5.69 Å². The first-order valence-electron chi connectivity index (χ1n) is 27.4. The molecule has 0 saturated heterocycles. The normalized spacial score (nSPS) is 16.6. The number of allylic oxidation sites excluding steroid dienone is 6. The van der Waals surface area contributed by atoms with Gasteiger partial charge in [-0.15, -0.1) is 0 Å². The Morgan fingerprint density at radius 2 is 0.905 bits per heavy atom. The van der Waals surface area contributed by atoms with Gasteiger partial charge >= 0.3 is 0 Å². The molecule has 0 saturated carbocycles. The van der Waals surface area contributed by atoms with Gasteiger partial charge in [0.25, 0.3) is 0 Å². The SMILES string of the molecule is CCCCCCCCCCCCCCCCCC[N+]1=C(C=CC=CC=C2N(C(C)CCCCCCCCCCCCCCCC)c3ccccc3C2(C)C)C(C)(C)c2ccccc21. The highest BCUT2D eigenvalue weighted by atomic mass is 15.2. The number of hydrogen-bond donors (Lipinski definition) is 0. The Bertz CT molecular complexity index is 1650. The summed E-state index contributed by atoms with van der Waals surface area (Å²) in [7, 11) is 0. The lowest BCUT2D eigenvalue weighted by molar-refractivity contribution is -0.438. The van der Waals surface area contributed by atoms with Crippen molar-refractivity contribution >= 4 is 17.1 Å². The molecule has 2 aliphatic rings. The Hall–Kier alpha value is -2.87. The van der Waals surface area contributed by atoms with Gasteiger partial charge in [0.15, 0.2) is 5.71 Å². The zero-order chi connectivity index (χ0) is 45.0. The average molecular weight is 860 g/mol. The van der Waals surface area contributed by atoms with Crippen LogP contribution in [0.1, 0.15) is 259 Å². The molecule has 63 heavy (non-hydrogen) atoms. The highest BCUT2D eigenvalue weighted by Crippen LogP contribution is 2.49. The zero-order valence-corrected chi connectivity index (χ0v) is 42.6. The van der Waals surface area contributed by atoms with Crippen molar-refractivity contribution in [1.29, 1.82) is 0 Å². The monoisotopic (exact) mass is 860 g/mol. The van der Waals surface area contributed by atoms with E-state index in [4.69, 9.17) is 0 Å². The molecule has 1 unspecified atom stereocenters. The van der Waals surface area contributed by atoms with E-state index in [-0.39, 0.29) is 10.8 Å². The predicted octanol–water partition coefficient (Wildman–Crippen LogP) is 19.4. The Kier molecular flexibility index (Phi) is 25.4. The second-order valence-electron chi connectivity index (χ2n) is 21.0. The quantitative estimate of drug-likeness (QED) is 0.0376. The third-order valence-electron chi connectivity index (χ3n) is 14.9. The summed E-state index contributed by atoms with van der Waals surface area (Å²) in [5.41, 5.74) is 8.55. The summed E-state index contributed by atoms with van der Waals surface area (Å²) in [4.78, 5) is 2.68. The van der Waals surface area contributed by atoms with E-state index in [9.17, 15) is 0 Å². The summed E-state index contributed by atoms with van der Waals surface area (Å²) in [6.45, 7) is 17.9. The number of anilines is 1. The number of benzene rings is 2. The van der Waals surface area contributed by atoms with Crippen LogP contribution in [0.3, 0.4) is 0 Å². The first-order valence-corrected chi connectivity index (χ1v) is 27.4. The van der Waals surface area contributed by atoms with E-state index in [1.54, 1.807) is 0 Å². The van der Waals surface area contributed by atoms with Crippen molar-refractivity contribution < 1.29 is 4.58 Å². The molecule has 352 valence electrons. The van der Waals surface area contributed by atoms with Crippen molar-refractivity contribution in [2.45, 2.75) is 264 Å². The summed E-state index contributed by atoms with van der Waals surface area (Å²) < 4.78 is 2.64. The van der Waals surface area contributed by atoms with Crippen molar-refractivity contribution in [2.75, 3.05) is 11.4 Å². The van der Waals surface area contributed by atoms with Crippen LogP contribution in [0.2, 0.25) is 0 Å². The summed E-state index contributed by atoms with van der Waals surface area (Å²) in [5.74, 6) is 0. The smallest absolute Gasteiger partial charge is 0.209 e. The Labute approximate surface area is 391 Å². The zero-order valence-electron chi connectivity index (χ0n) is 42.6. The van der Waals surface area contributed by atoms with Crippen LogP contribution in [-0.4, -0.2) is 22.9 Å². The Morgan fingerprint density at radius 3 is 1.41 bits per heavy atom. The molecule has 0 amide bonds. The average Bonchev–Trinajstić information content (AvgIpc) is 3.64. The molecule has 0 spiro atoms. The third kappa shape index (κ3) is 17.5. The second-order valence-corrected chi connectivity index (χ2v) is 21.0. The largest absolute Gasteiger partial charge is 0.341 e. The molecule has 0 bridgehead atoms. The van der Waals surface area contributed by atoms with E-state index in [1.165, 1.54) is 233 Å². The fourth-order valence-corrected chi connectivity index (χ4v) is 10.9. The molecule has 2 heteroatoms. The first-order chi connectivity index (χ1) is 30.7. The molecule has 0 fully saturated rings. The number of fused-ring (bicyclic) bond motifs is 2. The van der Waals surface area contributed by atoms with E-state index in [1.807, 2.05) is 0 Å². The molecule has 2 heterocycles. The lowest BCUT2D eigenvalue weighted by Gasteiger charge is -2.32. The van der Waals surface area contributed by atoms with E-state index in [0.29, 0.717) is 6.04 Å². The minimum atomic E-state index is -0.0258. The molecule has 2 aromatic carbocycles. The number of unbranched alkanes of at least 4 members (excludes halogenated alkanes) is 28. The van der Waals surface area contributed by atoms with Gasteiger partial charge in [-0.25, -0.2) is 0 Å². The van der Waals surface area contributed by atoms with Gasteiger partial charge in [-0.05, 0) is 51.3 Å². The van der Waals surface area contributed by atoms with Crippen LogP contribution in [0, 0.1) is 0 Å². The van der Waals surface area contributed by atoms with Gasteiger partial charge < -0.3 is 4.90 Å². The molecule has 0 aromatic heterocycles. The van der Waals surface area contributed by atoms with E-state index >= 15 is 0 Å². The van der Waals surface area contributed by atoms with E-state index in [0.717, 1.165) is 6.54 Å². The minimum absolute atomic E-state index is 0.0109. The van der Waals surface area contributed by atoms with Gasteiger partial charge in [0, 0.05) is 47.0 Å². The third-order valence-corrected chi connectivity index (χ3v) is 14.9. The molecule has 2 aliphatic heterocycles. The maximum Gasteiger partial charge on any atom is 0.209 e. The lowest BCUT2D eigenvalue weighted by atomic mass is 9.81. The van der Waals surface area contributed by atoms with Gasteiger partial charge in [-0.2, -0.15) is 4.58 Å². The molecule has 2 aromatic rings. The Morgan fingerprint density at radius 1 is 0.476 bits per heavy atom. The van der Waals surface area contributed by atoms with Crippen molar-refractivity contribution in [3.05, 3.63) is 95.7 Å². The van der Waals surface area contributed by atoms with E-state index < -0.39 is 0 Å². The van der Waals surface area contributed by atoms with Crippen LogP contribution in [0.4, 0.5) is 11.4 Å². The number of rotatable bonds is 36. The number of para-hydroxylation sites is 2. The molecular formula is C61H99N2+. The van der Waals surface area contributed by atoms with E-state index in [2.05, 4.69) is 137 Å². The molecule has 0 N–H and O–H groups in total. The highest BCUT2D eigenvalue weighted by molar-refractivity contribution is 6.03. The van der Waals surface area contributed by atoms with Crippen LogP contribution in [0.15, 0.2) is 84.6 Å². The van der Waals surface area contributed by atoms with Crippen molar-refractivity contribution in [3.63, 3.8) is 0 Å². The minimum Gasteiger partial charge on any atom is -0.341 e. The predicted molar refractivity (Wildman–Crippen MR) is 282 cm³/mol. The van der Waals surface area contributed by atoms with Gasteiger partial charge in [-0.1, -0.05) is 262 Å². The highest BCUT2D eigenvalue weighted by Gasteiger charge is 2.44. The van der Waals surface area contributed by atoms with Crippen molar-refractivity contribution in [3.8, 4) is 0 Å². The number of hydrogen-bond acceptors (Lipinski definition) is 1. The Balaban J connectivity index is 1.25. The molecule has 0 radical (unpaired) electrons. The summed E-state index contributed by atoms with van der Waals surface area (Å²) in [5, 5.41) is 0. The van der Waals surface area contributed by atoms with Crippen LogP contribution >= 0.6 is 0 Å². The molecular weight excluding hydrogens is 761 g/mol. The maximum atomic E-state index is 2.68. The van der Waals surface area contributed by atoms with Crippen LogP contribution in [-0.2, 0) is 10.8 Å². The van der Waals surface area contributed by atoms with Gasteiger partial charge in [0.05, 0.1) is 5.41 Å². The van der Waals surface area contributed by atoms with Crippen LogP contribution < -0.4 is 4.90 Å². The first kappa shape index (κ1) is 52.8. The fourth-order valence-electron chi connectivity index (χ4n) is 10.9. The topological polar surface area (TPSA) is 6.25 Å². The van der Waals surface area contributed by atoms with Crippen molar-refractivity contribution in [2.24, 2.45) is 0 Å². The van der Waals surface area contributed by atoms with Crippen molar-refractivity contribution in [1.82, 2.24) is 0 Å². The second kappa shape index (κ2) is 30.4. The molecule has 1 atom stereocenters. The van der Waals surface area contributed by atoms with Crippen LogP contribution in [0.5, 0.6) is 0 Å². The van der Waals surface area contributed by atoms with Crippen LogP contribution in [0.25, 0.3) is 0 Å². The summed E-state index contributed by atoms with van der Waals surface area (Å²) in [6, 6.07) is 18.8. The molecule has 2 nitrogen and oxygen atoms in total. The maximum absolute atomic E-state index is 2.68. The van der Waals surface area contributed by atoms with Gasteiger partial charge in [0.1, 0.15) is 6.54 Å². The summed E-state index contributed by atoms with van der Waals surface area (Å²) >= 11 is 0. The molecule has 4 rings (SSSR count). The number of nitrogens with zero attached hydrogens (tertiary/aromatic N) is 2. The summed E-state index contributed by atoms with van der Waals surface area (Å²) in [6.07, 6.45) is 55.3. The fraction of sp³-hybridized carbons (Fsp3) is 0.689. The lowest BCUT2D eigenvalue weighted by Crippen LogP contribution is -2.33. The molecule has 0 aliphatic carbocycles.